The highest BCUT2D eigenvalue weighted by atomic mass is 35.5. The highest BCUT2D eigenvalue weighted by Gasteiger charge is 2.15. The summed E-state index contributed by atoms with van der Waals surface area (Å²) in [5.41, 5.74) is 5.90. The van der Waals surface area contributed by atoms with Crippen molar-refractivity contribution in [3.63, 3.8) is 0 Å². The van der Waals surface area contributed by atoms with Gasteiger partial charge in [0.1, 0.15) is 10.7 Å². The van der Waals surface area contributed by atoms with Crippen molar-refractivity contribution in [2.45, 2.75) is 26.7 Å². The number of halogens is 1. The fourth-order valence-electron chi connectivity index (χ4n) is 3.10. The fraction of sp³-hybridized carbons (Fsp3) is 0.211. The molecule has 0 amide bonds. The Morgan fingerprint density at radius 2 is 1.92 bits per heavy atom. The van der Waals surface area contributed by atoms with Gasteiger partial charge in [0.05, 0.1) is 0 Å². The Labute approximate surface area is 144 Å². The van der Waals surface area contributed by atoms with E-state index in [1.165, 1.54) is 12.0 Å². The number of nitrogens with zero attached hydrogens (tertiary/aromatic N) is 3. The number of hydrogen-bond acceptors (Lipinski definition) is 4. The zero-order valence-electron chi connectivity index (χ0n) is 13.5. The molecule has 24 heavy (non-hydrogen) atoms. The average molecular weight is 338 g/mol. The first-order valence-corrected chi connectivity index (χ1v) is 8.32. The average Bonchev–Trinajstić information content (AvgIpc) is 3.05. The molecule has 0 saturated carbocycles. The molecule has 3 heterocycles. The Hall–Kier alpha value is -2.46. The van der Waals surface area contributed by atoms with Crippen LogP contribution in [0.5, 0.6) is 0 Å². The molecule has 0 aliphatic heterocycles. The first-order chi connectivity index (χ1) is 11.7. The normalized spacial score (nSPS) is 11.5. The predicted octanol–water partition coefficient (Wildman–Crippen LogP) is 5.35. The number of pyridine rings is 2. The molecule has 0 unspecified atom stereocenters. The van der Waals surface area contributed by atoms with E-state index in [1.54, 1.807) is 6.20 Å². The van der Waals surface area contributed by atoms with E-state index in [2.05, 4.69) is 40.9 Å². The molecule has 0 aliphatic carbocycles. The van der Waals surface area contributed by atoms with Crippen molar-refractivity contribution >= 4 is 33.5 Å². The van der Waals surface area contributed by atoms with Gasteiger partial charge in [-0.15, -0.1) is 0 Å². The van der Waals surface area contributed by atoms with E-state index < -0.39 is 0 Å². The Balaban J connectivity index is 1.99. The fourth-order valence-corrected chi connectivity index (χ4v) is 3.26. The van der Waals surface area contributed by atoms with Gasteiger partial charge in [0.2, 0.25) is 0 Å². The molecule has 0 radical (unpaired) electrons. The second kappa shape index (κ2) is 5.87. The van der Waals surface area contributed by atoms with Crippen molar-refractivity contribution in [2.24, 2.45) is 0 Å². The van der Waals surface area contributed by atoms with Crippen LogP contribution in [0.2, 0.25) is 5.15 Å². The Morgan fingerprint density at radius 1 is 1.04 bits per heavy atom. The summed E-state index contributed by atoms with van der Waals surface area (Å²) in [6.45, 7) is 4.26. The van der Waals surface area contributed by atoms with Crippen LogP contribution in [0.25, 0.3) is 33.0 Å². The second-order valence-electron chi connectivity index (χ2n) is 5.92. The molecule has 0 N–H and O–H groups in total. The molecule has 0 spiro atoms. The molecular formula is C19H16ClN3O. The molecule has 4 rings (SSSR count). The lowest BCUT2D eigenvalue weighted by Gasteiger charge is -2.10. The van der Waals surface area contributed by atoms with Crippen molar-refractivity contribution in [3.8, 4) is 11.1 Å². The van der Waals surface area contributed by atoms with Crippen LogP contribution in [-0.2, 0) is 6.42 Å². The minimum absolute atomic E-state index is 0.440. The van der Waals surface area contributed by atoms with Crippen LogP contribution in [-0.4, -0.2) is 15.0 Å². The van der Waals surface area contributed by atoms with E-state index in [1.807, 2.05) is 12.3 Å². The van der Waals surface area contributed by atoms with Gasteiger partial charge >= 0.3 is 0 Å². The van der Waals surface area contributed by atoms with Crippen molar-refractivity contribution in [3.05, 3.63) is 53.4 Å². The van der Waals surface area contributed by atoms with E-state index >= 15 is 0 Å². The molecule has 3 aromatic heterocycles. The van der Waals surface area contributed by atoms with E-state index in [9.17, 15) is 0 Å². The molecule has 1 aromatic carbocycles. The van der Waals surface area contributed by atoms with Crippen LogP contribution < -0.4 is 0 Å². The number of aryl methyl sites for hydroxylation is 2. The lowest BCUT2D eigenvalue weighted by atomic mass is 9.97. The quantitative estimate of drug-likeness (QED) is 0.473. The van der Waals surface area contributed by atoms with E-state index in [0.29, 0.717) is 5.15 Å². The molecule has 120 valence electrons. The van der Waals surface area contributed by atoms with Crippen molar-refractivity contribution in [1.29, 1.82) is 0 Å². The van der Waals surface area contributed by atoms with Crippen LogP contribution >= 0.6 is 11.6 Å². The van der Waals surface area contributed by atoms with Gasteiger partial charge in [-0.2, -0.15) is 0 Å². The van der Waals surface area contributed by atoms with Crippen LogP contribution in [0, 0.1) is 6.92 Å². The highest BCUT2D eigenvalue weighted by molar-refractivity contribution is 6.30. The van der Waals surface area contributed by atoms with E-state index in [-0.39, 0.29) is 0 Å². The molecule has 4 nitrogen and oxygen atoms in total. The molecule has 0 atom stereocenters. The molecule has 5 heteroatoms. The summed E-state index contributed by atoms with van der Waals surface area (Å²) in [6.07, 6.45) is 7.23. The third-order valence-electron chi connectivity index (χ3n) is 4.23. The smallest absolute Gasteiger partial charge is 0.182 e. The van der Waals surface area contributed by atoms with Crippen LogP contribution in [0.4, 0.5) is 0 Å². The molecule has 0 fully saturated rings. The van der Waals surface area contributed by atoms with Gasteiger partial charge in [-0.05, 0) is 37.1 Å². The molecular weight excluding hydrogens is 322 g/mol. The number of benzene rings is 1. The second-order valence-corrected chi connectivity index (χ2v) is 6.31. The van der Waals surface area contributed by atoms with E-state index in [0.717, 1.165) is 51.5 Å². The summed E-state index contributed by atoms with van der Waals surface area (Å²) in [5.74, 6) is 0. The van der Waals surface area contributed by atoms with E-state index in [4.69, 9.17) is 16.0 Å². The Kier molecular flexibility index (Phi) is 3.69. The molecule has 4 aromatic rings. The summed E-state index contributed by atoms with van der Waals surface area (Å²) >= 11 is 6.03. The lowest BCUT2D eigenvalue weighted by Crippen LogP contribution is -1.94. The molecule has 0 aliphatic rings. The Bertz CT molecular complexity index is 1060. The summed E-state index contributed by atoms with van der Waals surface area (Å²) in [5, 5.41) is 2.32. The number of oxazole rings is 1. The lowest BCUT2D eigenvalue weighted by molar-refractivity contribution is 0.605. The van der Waals surface area contributed by atoms with Crippen LogP contribution in [0.15, 0.2) is 41.4 Å². The van der Waals surface area contributed by atoms with Gasteiger partial charge in [0.25, 0.3) is 0 Å². The predicted molar refractivity (Wildman–Crippen MR) is 96.3 cm³/mol. The maximum atomic E-state index is 6.03. The monoisotopic (exact) mass is 337 g/mol. The number of rotatable bonds is 3. The van der Waals surface area contributed by atoms with Gasteiger partial charge < -0.3 is 4.42 Å². The Morgan fingerprint density at radius 3 is 2.71 bits per heavy atom. The summed E-state index contributed by atoms with van der Waals surface area (Å²) in [4.78, 5) is 13.2. The largest absolute Gasteiger partial charge is 0.443 e. The first kappa shape index (κ1) is 15.1. The first-order valence-electron chi connectivity index (χ1n) is 7.94. The third kappa shape index (κ3) is 2.43. The minimum atomic E-state index is 0.440. The number of hydrogen-bond donors (Lipinski definition) is 0. The van der Waals surface area contributed by atoms with Crippen molar-refractivity contribution in [2.75, 3.05) is 0 Å². The third-order valence-corrected chi connectivity index (χ3v) is 4.44. The van der Waals surface area contributed by atoms with Gasteiger partial charge in [-0.1, -0.05) is 24.9 Å². The van der Waals surface area contributed by atoms with Crippen LogP contribution in [0.3, 0.4) is 0 Å². The van der Waals surface area contributed by atoms with Gasteiger partial charge in [-0.25, -0.2) is 9.97 Å². The number of fused-ring (bicyclic) bond motifs is 3. The summed E-state index contributed by atoms with van der Waals surface area (Å²) in [6, 6.07) is 6.03. The van der Waals surface area contributed by atoms with Crippen LogP contribution in [0.1, 0.15) is 24.6 Å². The number of aromatic nitrogens is 3. The topological polar surface area (TPSA) is 51.8 Å². The molecule has 0 bridgehead atoms. The van der Waals surface area contributed by atoms with Crippen molar-refractivity contribution < 1.29 is 4.42 Å². The maximum Gasteiger partial charge on any atom is 0.182 e. The summed E-state index contributed by atoms with van der Waals surface area (Å²) < 4.78 is 5.63. The summed E-state index contributed by atoms with van der Waals surface area (Å²) in [7, 11) is 0. The standard InChI is InChI=1S/C19H16ClN3O/c1-3-4-13-5-11(2)16(9-21-13)15-6-12-8-22-17(20)7-14(12)19-18(15)23-10-24-19/h5-10H,3-4H2,1-2H3. The van der Waals surface area contributed by atoms with Gasteiger partial charge in [-0.3, -0.25) is 4.98 Å². The van der Waals surface area contributed by atoms with Crippen molar-refractivity contribution in [1.82, 2.24) is 15.0 Å². The SMILES string of the molecule is CCCc1cc(C)c(-c2cc3cnc(Cl)cc3c3ocnc23)cn1. The maximum absolute atomic E-state index is 6.03. The van der Waals surface area contributed by atoms with Gasteiger partial charge in [0.15, 0.2) is 12.0 Å². The highest BCUT2D eigenvalue weighted by Crippen LogP contribution is 2.35. The van der Waals surface area contributed by atoms with Gasteiger partial charge in [0, 0.05) is 40.0 Å². The molecule has 0 saturated heterocycles. The zero-order chi connectivity index (χ0) is 16.7. The zero-order valence-corrected chi connectivity index (χ0v) is 14.3. The minimum Gasteiger partial charge on any atom is -0.443 e.